The van der Waals surface area contributed by atoms with Gasteiger partial charge in [0.1, 0.15) is 5.82 Å². The molecule has 120 valence electrons. The quantitative estimate of drug-likeness (QED) is 0.854. The lowest BCUT2D eigenvalue weighted by Crippen LogP contribution is -2.52. The third kappa shape index (κ3) is 2.76. The number of anilines is 1. The number of ether oxygens (including phenoxy) is 3. The van der Waals surface area contributed by atoms with E-state index in [0.717, 1.165) is 6.07 Å². The number of esters is 2. The second-order valence-electron chi connectivity index (χ2n) is 5.04. The number of hydrogen-bond acceptors (Lipinski definition) is 6. The fourth-order valence-corrected chi connectivity index (χ4v) is 2.53. The number of methoxy groups -OCH3 is 2. The predicted octanol–water partition coefficient (Wildman–Crippen LogP) is 1.74. The van der Waals surface area contributed by atoms with Gasteiger partial charge in [-0.1, -0.05) is 0 Å². The third-order valence-corrected chi connectivity index (χ3v) is 3.85. The van der Waals surface area contributed by atoms with Crippen LogP contribution in [-0.4, -0.2) is 44.4 Å². The molecule has 1 unspecified atom stereocenters. The van der Waals surface area contributed by atoms with Gasteiger partial charge >= 0.3 is 11.9 Å². The lowest BCUT2D eigenvalue weighted by atomic mass is 9.91. The van der Waals surface area contributed by atoms with E-state index < -0.39 is 29.4 Å². The van der Waals surface area contributed by atoms with Crippen LogP contribution in [0.1, 0.15) is 23.7 Å². The van der Waals surface area contributed by atoms with Gasteiger partial charge in [0.2, 0.25) is 0 Å². The highest BCUT2D eigenvalue weighted by Gasteiger charge is 2.49. The molecule has 1 aliphatic rings. The molecule has 2 atom stereocenters. The Balaban J connectivity index is 2.30. The minimum atomic E-state index is -1.08. The van der Waals surface area contributed by atoms with E-state index in [9.17, 15) is 14.0 Å². The Morgan fingerprint density at radius 2 is 2.09 bits per heavy atom. The van der Waals surface area contributed by atoms with Crippen LogP contribution in [0.15, 0.2) is 18.2 Å². The van der Waals surface area contributed by atoms with Gasteiger partial charge in [-0.2, -0.15) is 0 Å². The first kappa shape index (κ1) is 16.2. The average Bonchev–Trinajstić information content (AvgIpc) is 2.87. The summed E-state index contributed by atoms with van der Waals surface area (Å²) in [6.45, 7) is 2.14. The number of nitrogens with one attached hydrogen (secondary N) is 1. The largest absolute Gasteiger partial charge is 0.467 e. The summed E-state index contributed by atoms with van der Waals surface area (Å²) in [5, 5.41) is 2.99. The lowest BCUT2D eigenvalue weighted by molar-refractivity contribution is -0.147. The van der Waals surface area contributed by atoms with E-state index in [1.54, 1.807) is 6.92 Å². The minimum Gasteiger partial charge on any atom is -0.467 e. The van der Waals surface area contributed by atoms with Crippen molar-refractivity contribution in [2.24, 2.45) is 0 Å². The third-order valence-electron chi connectivity index (χ3n) is 3.85. The van der Waals surface area contributed by atoms with Crippen LogP contribution in [0.3, 0.4) is 0 Å². The highest BCUT2D eigenvalue weighted by atomic mass is 19.1. The van der Waals surface area contributed by atoms with Crippen molar-refractivity contribution in [2.75, 3.05) is 26.1 Å². The molecule has 1 aromatic rings. The van der Waals surface area contributed by atoms with Gasteiger partial charge in [-0.25, -0.2) is 14.0 Å². The monoisotopic (exact) mass is 311 g/mol. The van der Waals surface area contributed by atoms with E-state index in [4.69, 9.17) is 9.47 Å². The van der Waals surface area contributed by atoms with Gasteiger partial charge in [0.05, 0.1) is 25.9 Å². The number of halogens is 1. The minimum absolute atomic E-state index is 0.170. The number of hydrogen-bond donors (Lipinski definition) is 1. The molecule has 0 spiro atoms. The summed E-state index contributed by atoms with van der Waals surface area (Å²) in [6.07, 6.45) is -0.0235. The van der Waals surface area contributed by atoms with Crippen molar-refractivity contribution >= 4 is 17.6 Å². The molecule has 1 N–H and O–H groups in total. The molecule has 1 aliphatic heterocycles. The Hall–Kier alpha value is -2.15. The first-order chi connectivity index (χ1) is 10.4. The average molecular weight is 311 g/mol. The maximum Gasteiger partial charge on any atom is 0.340 e. The Kier molecular flexibility index (Phi) is 4.65. The molecule has 1 saturated heterocycles. The Labute approximate surface area is 127 Å². The van der Waals surface area contributed by atoms with Crippen LogP contribution in [-0.2, 0) is 19.0 Å². The first-order valence-corrected chi connectivity index (χ1v) is 6.80. The molecule has 0 saturated carbocycles. The number of carbonyl (C=O) groups is 2. The molecule has 0 amide bonds. The lowest BCUT2D eigenvalue weighted by Gasteiger charge is -2.31. The molecule has 0 aromatic heterocycles. The van der Waals surface area contributed by atoms with Crippen LogP contribution in [0.5, 0.6) is 0 Å². The highest BCUT2D eigenvalue weighted by molar-refractivity contribution is 5.90. The molecular formula is C15H18FNO5. The molecule has 6 nitrogen and oxygen atoms in total. The predicted molar refractivity (Wildman–Crippen MR) is 76.1 cm³/mol. The van der Waals surface area contributed by atoms with Crippen LogP contribution >= 0.6 is 0 Å². The Bertz CT molecular complexity index is 591. The summed E-state index contributed by atoms with van der Waals surface area (Å²) in [6, 6.07) is 3.95. The fraction of sp³-hybridized carbons (Fsp3) is 0.467. The smallest absolute Gasteiger partial charge is 0.340 e. The summed E-state index contributed by atoms with van der Waals surface area (Å²) in [5.74, 6) is -1.97. The molecule has 7 heteroatoms. The maximum absolute atomic E-state index is 14.0. The van der Waals surface area contributed by atoms with Gasteiger partial charge in [-0.15, -0.1) is 0 Å². The summed E-state index contributed by atoms with van der Waals surface area (Å²) < 4.78 is 28.8. The van der Waals surface area contributed by atoms with Gasteiger partial charge in [-0.05, 0) is 25.1 Å². The molecule has 1 aromatic carbocycles. The van der Waals surface area contributed by atoms with Crippen LogP contribution in [0.2, 0.25) is 0 Å². The fourth-order valence-electron chi connectivity index (χ4n) is 2.53. The van der Waals surface area contributed by atoms with E-state index in [0.29, 0.717) is 18.7 Å². The first-order valence-electron chi connectivity index (χ1n) is 6.80. The van der Waals surface area contributed by atoms with Crippen LogP contribution in [0, 0.1) is 5.82 Å². The van der Waals surface area contributed by atoms with Crippen molar-refractivity contribution in [3.8, 4) is 0 Å². The molecule has 2 rings (SSSR count). The molecule has 22 heavy (non-hydrogen) atoms. The van der Waals surface area contributed by atoms with Crippen molar-refractivity contribution in [1.29, 1.82) is 0 Å². The van der Waals surface area contributed by atoms with Crippen LogP contribution in [0.25, 0.3) is 0 Å². The summed E-state index contributed by atoms with van der Waals surface area (Å²) in [5.41, 5.74) is -0.891. The zero-order valence-electron chi connectivity index (χ0n) is 12.6. The standard InChI is InChI=1S/C15H18FNO5/c1-9-15(6-7-22-9,14(19)21-3)17-10-4-5-11(12(16)8-10)13(18)20-2/h4-5,8-9,17H,6-7H2,1-3H3/t9-,15?/m1/s1. The SMILES string of the molecule is COC(=O)c1ccc(NC2(C(=O)OC)CCO[C@@H]2C)cc1F. The van der Waals surface area contributed by atoms with Gasteiger partial charge in [0.15, 0.2) is 5.54 Å². The zero-order valence-corrected chi connectivity index (χ0v) is 12.6. The van der Waals surface area contributed by atoms with Gasteiger partial charge in [0.25, 0.3) is 0 Å². The van der Waals surface area contributed by atoms with Crippen molar-refractivity contribution in [2.45, 2.75) is 25.0 Å². The van der Waals surface area contributed by atoms with Crippen LogP contribution in [0.4, 0.5) is 10.1 Å². The highest BCUT2D eigenvalue weighted by Crippen LogP contribution is 2.32. The Morgan fingerprint density at radius 1 is 1.36 bits per heavy atom. The zero-order chi connectivity index (χ0) is 16.3. The van der Waals surface area contributed by atoms with E-state index in [1.165, 1.54) is 26.4 Å². The van der Waals surface area contributed by atoms with E-state index >= 15 is 0 Å². The van der Waals surface area contributed by atoms with E-state index in [-0.39, 0.29) is 5.56 Å². The van der Waals surface area contributed by atoms with Crippen molar-refractivity contribution in [3.05, 3.63) is 29.6 Å². The van der Waals surface area contributed by atoms with Gasteiger partial charge in [-0.3, -0.25) is 0 Å². The van der Waals surface area contributed by atoms with Gasteiger partial charge < -0.3 is 19.5 Å². The number of benzene rings is 1. The van der Waals surface area contributed by atoms with Gasteiger partial charge in [0, 0.05) is 18.7 Å². The molecule has 0 radical (unpaired) electrons. The normalized spacial score (nSPS) is 23.9. The molecule has 0 aliphatic carbocycles. The van der Waals surface area contributed by atoms with E-state index in [1.807, 2.05) is 0 Å². The topological polar surface area (TPSA) is 73.9 Å². The Morgan fingerprint density at radius 3 is 2.59 bits per heavy atom. The van der Waals surface area contributed by atoms with Crippen LogP contribution < -0.4 is 5.32 Å². The number of carbonyl (C=O) groups excluding carboxylic acids is 2. The second kappa shape index (κ2) is 6.31. The summed E-state index contributed by atoms with van der Waals surface area (Å²) in [4.78, 5) is 23.5. The second-order valence-corrected chi connectivity index (χ2v) is 5.04. The molecule has 1 heterocycles. The summed E-state index contributed by atoms with van der Waals surface area (Å²) >= 11 is 0. The molecule has 0 bridgehead atoms. The van der Waals surface area contributed by atoms with Crippen molar-refractivity contribution < 1.29 is 28.2 Å². The molecule has 1 fully saturated rings. The number of rotatable bonds is 4. The molecular weight excluding hydrogens is 293 g/mol. The van der Waals surface area contributed by atoms with Crippen molar-refractivity contribution in [1.82, 2.24) is 0 Å². The maximum atomic E-state index is 14.0. The summed E-state index contributed by atoms with van der Waals surface area (Å²) in [7, 11) is 2.47. The van der Waals surface area contributed by atoms with E-state index in [2.05, 4.69) is 10.1 Å². The van der Waals surface area contributed by atoms with Crippen molar-refractivity contribution in [3.63, 3.8) is 0 Å².